The van der Waals surface area contributed by atoms with Crippen molar-refractivity contribution in [1.82, 2.24) is 14.9 Å². The average molecular weight is 217 g/mol. The van der Waals surface area contributed by atoms with Crippen molar-refractivity contribution >= 4 is 11.0 Å². The van der Waals surface area contributed by atoms with Gasteiger partial charge < -0.3 is 10.1 Å². The minimum absolute atomic E-state index is 0.163. The van der Waals surface area contributed by atoms with Crippen LogP contribution in [0.5, 0.6) is 0 Å². The Morgan fingerprint density at radius 1 is 1.44 bits per heavy atom. The SMILES string of the molecule is O[C@@H]1CCN(Cc2nc3ccccc3[nH]2)C1. The molecule has 0 bridgehead atoms. The quantitative estimate of drug-likeness (QED) is 0.793. The van der Waals surface area contributed by atoms with E-state index in [-0.39, 0.29) is 6.10 Å². The molecule has 1 saturated heterocycles. The third kappa shape index (κ3) is 1.81. The lowest BCUT2D eigenvalue weighted by Crippen LogP contribution is -2.22. The van der Waals surface area contributed by atoms with Gasteiger partial charge >= 0.3 is 0 Å². The molecule has 1 aliphatic rings. The number of likely N-dealkylation sites (tertiary alicyclic amines) is 1. The zero-order valence-electron chi connectivity index (χ0n) is 9.06. The van der Waals surface area contributed by atoms with Crippen LogP contribution in [0.15, 0.2) is 24.3 Å². The standard InChI is InChI=1S/C12H15N3O/c16-9-5-6-15(7-9)8-12-13-10-3-1-2-4-11(10)14-12/h1-4,9,16H,5-8H2,(H,13,14)/t9-/m1/s1. The van der Waals surface area contributed by atoms with E-state index < -0.39 is 0 Å². The summed E-state index contributed by atoms with van der Waals surface area (Å²) in [6.07, 6.45) is 0.713. The first-order valence-corrected chi connectivity index (χ1v) is 5.65. The topological polar surface area (TPSA) is 52.1 Å². The number of benzene rings is 1. The van der Waals surface area contributed by atoms with Gasteiger partial charge in [0.05, 0.1) is 23.7 Å². The van der Waals surface area contributed by atoms with Gasteiger partial charge in [0.1, 0.15) is 5.82 Å². The minimum Gasteiger partial charge on any atom is -0.392 e. The molecule has 1 aliphatic heterocycles. The monoisotopic (exact) mass is 217 g/mol. The molecule has 0 amide bonds. The number of aliphatic hydroxyl groups is 1. The van der Waals surface area contributed by atoms with Gasteiger partial charge in [-0.25, -0.2) is 4.98 Å². The fourth-order valence-electron chi connectivity index (χ4n) is 2.25. The molecule has 0 aliphatic carbocycles. The first-order chi connectivity index (χ1) is 7.81. The van der Waals surface area contributed by atoms with Gasteiger partial charge in [0.15, 0.2) is 0 Å². The summed E-state index contributed by atoms with van der Waals surface area (Å²) in [6.45, 7) is 2.51. The smallest absolute Gasteiger partial charge is 0.121 e. The average Bonchev–Trinajstić information content (AvgIpc) is 2.84. The van der Waals surface area contributed by atoms with Crippen molar-refractivity contribution in [2.75, 3.05) is 13.1 Å². The van der Waals surface area contributed by atoms with Crippen LogP contribution < -0.4 is 0 Å². The molecule has 3 rings (SSSR count). The lowest BCUT2D eigenvalue weighted by atomic mass is 10.3. The van der Waals surface area contributed by atoms with Crippen molar-refractivity contribution in [3.8, 4) is 0 Å². The first kappa shape index (κ1) is 9.81. The summed E-state index contributed by atoms with van der Waals surface area (Å²) in [5.41, 5.74) is 2.09. The van der Waals surface area contributed by atoms with Gasteiger partial charge in [-0.1, -0.05) is 12.1 Å². The molecule has 0 saturated carbocycles. The van der Waals surface area contributed by atoms with Crippen LogP contribution in [0.25, 0.3) is 11.0 Å². The number of aromatic nitrogens is 2. The summed E-state index contributed by atoms with van der Waals surface area (Å²) in [5.74, 6) is 0.982. The number of hydrogen-bond acceptors (Lipinski definition) is 3. The van der Waals surface area contributed by atoms with E-state index in [0.717, 1.165) is 42.9 Å². The Bertz CT molecular complexity index is 461. The molecule has 0 spiro atoms. The molecule has 2 heterocycles. The summed E-state index contributed by atoms with van der Waals surface area (Å²) in [4.78, 5) is 10.0. The first-order valence-electron chi connectivity index (χ1n) is 5.65. The zero-order chi connectivity index (χ0) is 11.0. The fourth-order valence-corrected chi connectivity index (χ4v) is 2.25. The van der Waals surface area contributed by atoms with Crippen LogP contribution >= 0.6 is 0 Å². The molecule has 0 radical (unpaired) electrons. The van der Waals surface area contributed by atoms with E-state index in [9.17, 15) is 5.11 Å². The van der Waals surface area contributed by atoms with Gasteiger partial charge in [0.2, 0.25) is 0 Å². The van der Waals surface area contributed by atoms with E-state index in [4.69, 9.17) is 0 Å². The van der Waals surface area contributed by atoms with Crippen LogP contribution in [0.2, 0.25) is 0 Å². The number of rotatable bonds is 2. The van der Waals surface area contributed by atoms with Gasteiger partial charge in [0.25, 0.3) is 0 Å². The molecule has 1 aromatic heterocycles. The molecule has 4 nitrogen and oxygen atoms in total. The highest BCUT2D eigenvalue weighted by molar-refractivity contribution is 5.74. The summed E-state index contributed by atoms with van der Waals surface area (Å²) in [6, 6.07) is 8.04. The molecule has 4 heteroatoms. The normalized spacial score (nSPS) is 21.9. The summed E-state index contributed by atoms with van der Waals surface area (Å²) >= 11 is 0. The molecule has 1 fully saturated rings. The summed E-state index contributed by atoms with van der Waals surface area (Å²) in [7, 11) is 0. The third-order valence-electron chi connectivity index (χ3n) is 3.06. The van der Waals surface area contributed by atoms with E-state index in [1.54, 1.807) is 0 Å². The molecule has 1 atom stereocenters. The van der Waals surface area contributed by atoms with Crippen molar-refractivity contribution < 1.29 is 5.11 Å². The highest BCUT2D eigenvalue weighted by atomic mass is 16.3. The number of nitrogens with one attached hydrogen (secondary N) is 1. The molecule has 84 valence electrons. The third-order valence-corrected chi connectivity index (χ3v) is 3.06. The van der Waals surface area contributed by atoms with Gasteiger partial charge in [-0.05, 0) is 18.6 Å². The van der Waals surface area contributed by atoms with Gasteiger partial charge in [-0.15, -0.1) is 0 Å². The number of fused-ring (bicyclic) bond motifs is 1. The Kier molecular flexibility index (Phi) is 2.38. The maximum absolute atomic E-state index is 9.45. The van der Waals surface area contributed by atoms with Gasteiger partial charge in [0, 0.05) is 13.1 Å². The predicted molar refractivity (Wildman–Crippen MR) is 62.0 cm³/mol. The summed E-state index contributed by atoms with van der Waals surface area (Å²) in [5, 5.41) is 9.45. The van der Waals surface area contributed by atoms with Crippen molar-refractivity contribution in [3.05, 3.63) is 30.1 Å². The molecular weight excluding hydrogens is 202 g/mol. The number of imidazole rings is 1. The van der Waals surface area contributed by atoms with Crippen molar-refractivity contribution in [3.63, 3.8) is 0 Å². The molecule has 16 heavy (non-hydrogen) atoms. The summed E-state index contributed by atoms with van der Waals surface area (Å²) < 4.78 is 0. The largest absolute Gasteiger partial charge is 0.392 e. The number of para-hydroxylation sites is 2. The number of H-pyrrole nitrogens is 1. The van der Waals surface area contributed by atoms with E-state index in [2.05, 4.69) is 14.9 Å². The van der Waals surface area contributed by atoms with Crippen LogP contribution in [0.4, 0.5) is 0 Å². The highest BCUT2D eigenvalue weighted by Crippen LogP contribution is 2.15. The van der Waals surface area contributed by atoms with Gasteiger partial charge in [-0.2, -0.15) is 0 Å². The van der Waals surface area contributed by atoms with E-state index >= 15 is 0 Å². The highest BCUT2D eigenvalue weighted by Gasteiger charge is 2.20. The van der Waals surface area contributed by atoms with Crippen molar-refractivity contribution in [1.29, 1.82) is 0 Å². The molecule has 2 N–H and O–H groups in total. The lowest BCUT2D eigenvalue weighted by molar-refractivity contribution is 0.174. The van der Waals surface area contributed by atoms with Crippen LogP contribution in [0.1, 0.15) is 12.2 Å². The second kappa shape index (κ2) is 3.88. The van der Waals surface area contributed by atoms with Crippen molar-refractivity contribution in [2.45, 2.75) is 19.1 Å². The van der Waals surface area contributed by atoms with Crippen molar-refractivity contribution in [2.24, 2.45) is 0 Å². The van der Waals surface area contributed by atoms with Gasteiger partial charge in [-0.3, -0.25) is 4.90 Å². The molecule has 1 aromatic carbocycles. The molecule has 2 aromatic rings. The number of aromatic amines is 1. The van der Waals surface area contributed by atoms with Crippen LogP contribution in [-0.2, 0) is 6.54 Å². The Morgan fingerprint density at radius 3 is 3.06 bits per heavy atom. The maximum Gasteiger partial charge on any atom is 0.121 e. The van der Waals surface area contributed by atoms with E-state index in [0.29, 0.717) is 0 Å². The Labute approximate surface area is 93.9 Å². The number of nitrogens with zero attached hydrogens (tertiary/aromatic N) is 2. The van der Waals surface area contributed by atoms with E-state index in [1.807, 2.05) is 24.3 Å². The zero-order valence-corrected chi connectivity index (χ0v) is 9.06. The number of hydrogen-bond donors (Lipinski definition) is 2. The number of β-amino-alcohol motifs (C(OH)–C–C–N with tert-alkyl or cyclic N) is 1. The Hall–Kier alpha value is -1.39. The minimum atomic E-state index is -0.163. The maximum atomic E-state index is 9.45. The van der Waals surface area contributed by atoms with Crippen LogP contribution in [0.3, 0.4) is 0 Å². The Balaban J connectivity index is 1.79. The second-order valence-corrected chi connectivity index (χ2v) is 4.38. The molecular formula is C12H15N3O. The Morgan fingerprint density at radius 2 is 2.31 bits per heavy atom. The predicted octanol–water partition coefficient (Wildman–Crippen LogP) is 1.13. The van der Waals surface area contributed by atoms with Crippen LogP contribution in [-0.4, -0.2) is 39.2 Å². The fraction of sp³-hybridized carbons (Fsp3) is 0.417. The second-order valence-electron chi connectivity index (χ2n) is 4.38. The lowest BCUT2D eigenvalue weighted by Gasteiger charge is -2.12. The molecule has 0 unspecified atom stereocenters. The number of aliphatic hydroxyl groups excluding tert-OH is 1. The van der Waals surface area contributed by atoms with E-state index in [1.165, 1.54) is 0 Å². The van der Waals surface area contributed by atoms with Crippen LogP contribution in [0, 0.1) is 0 Å².